The summed E-state index contributed by atoms with van der Waals surface area (Å²) in [5, 5.41) is 0. The average molecular weight is 392 g/mol. The second-order valence-electron chi connectivity index (χ2n) is 5.65. The van der Waals surface area contributed by atoms with E-state index >= 15 is 0 Å². The minimum atomic E-state index is -4.15. The van der Waals surface area contributed by atoms with Gasteiger partial charge in [-0.3, -0.25) is 0 Å². The van der Waals surface area contributed by atoms with Crippen LogP contribution in [0.15, 0.2) is 0 Å². The molecule has 12 heteroatoms. The third kappa shape index (κ3) is 15.2. The van der Waals surface area contributed by atoms with Gasteiger partial charge in [0.15, 0.2) is 0 Å². The number of sulfonamides is 1. The summed E-state index contributed by atoms with van der Waals surface area (Å²) < 4.78 is 64.6. The molecule has 0 rings (SSSR count). The van der Waals surface area contributed by atoms with Gasteiger partial charge in [-0.2, -0.15) is 13.1 Å². The molecule has 146 valence electrons. The Morgan fingerprint density at radius 3 is 2.00 bits per heavy atom. The number of ether oxygens (including phenoxy) is 3. The quantitative estimate of drug-likeness (QED) is 0.305. The van der Waals surface area contributed by atoms with Gasteiger partial charge in [-0.1, -0.05) is 4.13 Å². The monoisotopic (exact) mass is 391 g/mol. The van der Waals surface area contributed by atoms with E-state index in [-0.39, 0.29) is 18.8 Å². The van der Waals surface area contributed by atoms with E-state index in [4.69, 9.17) is 19.9 Å². The molecule has 0 heterocycles. The van der Waals surface area contributed by atoms with Crippen molar-refractivity contribution in [1.82, 2.24) is 8.85 Å². The van der Waals surface area contributed by atoms with Crippen molar-refractivity contribution in [3.63, 3.8) is 0 Å². The number of nitrogens with one attached hydrogen (secondary N) is 2. The highest BCUT2D eigenvalue weighted by atomic mass is 32.3. The first-order chi connectivity index (χ1) is 10.9. The predicted molar refractivity (Wildman–Crippen MR) is 90.2 cm³/mol. The minimum Gasteiger partial charge on any atom is -0.377 e. The average Bonchev–Trinajstić information content (AvgIpc) is 2.36. The zero-order valence-corrected chi connectivity index (χ0v) is 16.2. The van der Waals surface area contributed by atoms with E-state index in [0.29, 0.717) is 26.4 Å². The lowest BCUT2D eigenvalue weighted by Gasteiger charge is -2.18. The summed E-state index contributed by atoms with van der Waals surface area (Å²) in [7, 11) is -8.01. The van der Waals surface area contributed by atoms with E-state index in [1.807, 2.05) is 6.92 Å². The maximum atomic E-state index is 11.5. The molecule has 0 aliphatic rings. The number of nitrogens with two attached hydrogens (primary N) is 1. The molecule has 0 aromatic rings. The van der Waals surface area contributed by atoms with Crippen LogP contribution >= 0.6 is 0 Å². The fourth-order valence-electron chi connectivity index (χ4n) is 1.52. The van der Waals surface area contributed by atoms with Crippen molar-refractivity contribution in [3.8, 4) is 0 Å². The van der Waals surface area contributed by atoms with Crippen LogP contribution in [-0.2, 0) is 34.4 Å². The van der Waals surface area contributed by atoms with E-state index < -0.39 is 26.3 Å². The highest BCUT2D eigenvalue weighted by Gasteiger charge is 2.19. The third-order valence-corrected chi connectivity index (χ3v) is 5.15. The SMILES string of the molecule is CC(N)COCCOCC(C)OCC(C)NS(=O)(=O)NS(C)(=O)=O. The third-order valence-electron chi connectivity index (χ3n) is 2.35. The van der Waals surface area contributed by atoms with Crippen LogP contribution in [0.5, 0.6) is 0 Å². The van der Waals surface area contributed by atoms with E-state index in [9.17, 15) is 16.8 Å². The fraction of sp³-hybridized carbons (Fsp3) is 1.00. The predicted octanol–water partition coefficient (Wildman–Crippen LogP) is -1.46. The Morgan fingerprint density at radius 2 is 1.50 bits per heavy atom. The number of hydrogen-bond acceptors (Lipinski definition) is 8. The smallest absolute Gasteiger partial charge is 0.290 e. The van der Waals surface area contributed by atoms with Crippen molar-refractivity contribution < 1.29 is 31.0 Å². The van der Waals surface area contributed by atoms with Crippen LogP contribution < -0.4 is 14.6 Å². The lowest BCUT2D eigenvalue weighted by Crippen LogP contribution is -2.45. The molecule has 0 fully saturated rings. The Morgan fingerprint density at radius 1 is 0.958 bits per heavy atom. The van der Waals surface area contributed by atoms with Crippen LogP contribution in [0, 0.1) is 0 Å². The van der Waals surface area contributed by atoms with E-state index in [0.717, 1.165) is 6.26 Å². The molecule has 0 saturated carbocycles. The van der Waals surface area contributed by atoms with Gasteiger partial charge >= 0.3 is 0 Å². The topological polar surface area (TPSA) is 146 Å². The Bertz CT molecular complexity index is 537. The molecule has 3 atom stereocenters. The molecule has 0 aromatic carbocycles. The summed E-state index contributed by atoms with van der Waals surface area (Å²) in [5.74, 6) is 0. The molecule has 0 aliphatic heterocycles. The molecule has 3 unspecified atom stereocenters. The number of rotatable bonds is 14. The Hall–Kier alpha value is -0.340. The molecule has 24 heavy (non-hydrogen) atoms. The van der Waals surface area contributed by atoms with Gasteiger partial charge in [-0.05, 0) is 20.8 Å². The van der Waals surface area contributed by atoms with Crippen molar-refractivity contribution in [2.75, 3.05) is 39.3 Å². The van der Waals surface area contributed by atoms with Crippen LogP contribution in [-0.4, -0.2) is 74.3 Å². The first kappa shape index (κ1) is 23.7. The summed E-state index contributed by atoms with van der Waals surface area (Å²) in [6.45, 7) is 6.86. The van der Waals surface area contributed by atoms with Crippen molar-refractivity contribution in [3.05, 3.63) is 0 Å². The Kier molecular flexibility index (Phi) is 11.1. The van der Waals surface area contributed by atoms with Crippen LogP contribution in [0.2, 0.25) is 0 Å². The van der Waals surface area contributed by atoms with E-state index in [2.05, 4.69) is 4.72 Å². The molecule has 0 amide bonds. The normalized spacial score (nSPS) is 16.7. The van der Waals surface area contributed by atoms with Gasteiger partial charge in [-0.25, -0.2) is 8.42 Å². The molecule has 4 N–H and O–H groups in total. The summed E-state index contributed by atoms with van der Waals surface area (Å²) in [5.41, 5.74) is 5.53. The van der Waals surface area contributed by atoms with Crippen molar-refractivity contribution in [2.45, 2.75) is 39.0 Å². The summed E-state index contributed by atoms with van der Waals surface area (Å²) in [6, 6.07) is -0.629. The second-order valence-corrected chi connectivity index (χ2v) is 9.10. The van der Waals surface area contributed by atoms with E-state index in [1.54, 1.807) is 13.8 Å². The highest BCUT2D eigenvalue weighted by Crippen LogP contribution is 1.96. The molecular formula is C12H29N3O7S2. The van der Waals surface area contributed by atoms with Gasteiger partial charge in [0.05, 0.1) is 45.4 Å². The first-order valence-electron chi connectivity index (χ1n) is 7.45. The fourth-order valence-corrected chi connectivity index (χ4v) is 3.90. The van der Waals surface area contributed by atoms with Crippen molar-refractivity contribution in [1.29, 1.82) is 0 Å². The highest BCUT2D eigenvalue weighted by molar-refractivity contribution is 8.03. The maximum absolute atomic E-state index is 11.5. The van der Waals surface area contributed by atoms with Crippen LogP contribution in [0.25, 0.3) is 0 Å². The maximum Gasteiger partial charge on any atom is 0.290 e. The number of hydrogen-bond donors (Lipinski definition) is 3. The van der Waals surface area contributed by atoms with Crippen molar-refractivity contribution >= 4 is 20.2 Å². The lowest BCUT2D eigenvalue weighted by molar-refractivity contribution is -0.0272. The van der Waals surface area contributed by atoms with Gasteiger partial charge in [0, 0.05) is 12.1 Å². The van der Waals surface area contributed by atoms with Gasteiger partial charge in [0.1, 0.15) is 0 Å². The molecule has 0 radical (unpaired) electrons. The van der Waals surface area contributed by atoms with Crippen LogP contribution in [0.1, 0.15) is 20.8 Å². The Balaban J connectivity index is 3.87. The molecular weight excluding hydrogens is 362 g/mol. The lowest BCUT2D eigenvalue weighted by atomic mass is 10.4. The molecule has 0 aliphatic carbocycles. The Labute approximate surface area is 144 Å². The van der Waals surface area contributed by atoms with Crippen LogP contribution in [0.3, 0.4) is 0 Å². The molecule has 0 aromatic heterocycles. The summed E-state index contributed by atoms with van der Waals surface area (Å²) in [4.78, 5) is 0. The largest absolute Gasteiger partial charge is 0.377 e. The second kappa shape index (κ2) is 11.3. The zero-order valence-electron chi connectivity index (χ0n) is 14.5. The standard InChI is InChI=1S/C12H29N3O7S2/c1-10(13)7-20-5-6-21-9-12(3)22-8-11(2)14-24(18,19)15-23(4,16)17/h10-12,14-15H,5-9,13H2,1-4H3. The van der Waals surface area contributed by atoms with Gasteiger partial charge in [0.25, 0.3) is 10.2 Å². The van der Waals surface area contributed by atoms with Gasteiger partial charge in [0.2, 0.25) is 10.0 Å². The summed E-state index contributed by atoms with van der Waals surface area (Å²) in [6.07, 6.45) is 0.498. The summed E-state index contributed by atoms with van der Waals surface area (Å²) >= 11 is 0. The van der Waals surface area contributed by atoms with E-state index in [1.165, 1.54) is 4.13 Å². The van der Waals surface area contributed by atoms with Crippen molar-refractivity contribution in [2.24, 2.45) is 5.73 Å². The van der Waals surface area contributed by atoms with Gasteiger partial charge < -0.3 is 19.9 Å². The van der Waals surface area contributed by atoms with Crippen LogP contribution in [0.4, 0.5) is 0 Å². The van der Waals surface area contributed by atoms with Gasteiger partial charge in [-0.15, -0.1) is 0 Å². The zero-order chi connectivity index (χ0) is 18.8. The molecule has 0 bridgehead atoms. The molecule has 0 spiro atoms. The first-order valence-corrected chi connectivity index (χ1v) is 10.8. The minimum absolute atomic E-state index is 0.0188. The molecule has 10 nitrogen and oxygen atoms in total. The molecule has 0 saturated heterocycles.